The van der Waals surface area contributed by atoms with Crippen LogP contribution >= 0.6 is 0 Å². The Hall–Kier alpha value is -1.55. The van der Waals surface area contributed by atoms with E-state index in [1.165, 1.54) is 7.11 Å². The van der Waals surface area contributed by atoms with Gasteiger partial charge in [0.25, 0.3) is 0 Å². The predicted octanol–water partition coefficient (Wildman–Crippen LogP) is 0.632. The average Bonchev–Trinajstić information content (AvgIpc) is 2.26. The summed E-state index contributed by atoms with van der Waals surface area (Å²) in [6.07, 6.45) is -1.12. The minimum atomic E-state index is -1.12. The van der Waals surface area contributed by atoms with E-state index in [0.29, 0.717) is 0 Å². The zero-order valence-electron chi connectivity index (χ0n) is 7.93. The highest BCUT2D eigenvalue weighted by Gasteiger charge is 2.14. The van der Waals surface area contributed by atoms with Gasteiger partial charge in [-0.25, -0.2) is 4.79 Å². The van der Waals surface area contributed by atoms with E-state index >= 15 is 0 Å². The van der Waals surface area contributed by atoms with E-state index in [-0.39, 0.29) is 6.54 Å². The second kappa shape index (κ2) is 5.24. The molecule has 14 heavy (non-hydrogen) atoms. The van der Waals surface area contributed by atoms with E-state index in [0.717, 1.165) is 5.69 Å². The highest BCUT2D eigenvalue weighted by Crippen LogP contribution is 2.04. The Labute approximate surface area is 82.5 Å². The molecule has 1 atom stereocenters. The van der Waals surface area contributed by atoms with E-state index in [1.54, 1.807) is 0 Å². The maximum absolute atomic E-state index is 10.8. The minimum absolute atomic E-state index is 0.149. The first-order valence-corrected chi connectivity index (χ1v) is 4.29. The molecular formula is C10H13NO3. The van der Waals surface area contributed by atoms with E-state index in [4.69, 9.17) is 0 Å². The smallest absolute Gasteiger partial charge is 0.336 e. The summed E-state index contributed by atoms with van der Waals surface area (Å²) in [6.45, 7) is 0.149. The molecule has 0 aliphatic rings. The van der Waals surface area contributed by atoms with Gasteiger partial charge < -0.3 is 15.2 Å². The SMILES string of the molecule is COC(=O)C(O)CNc1ccccc1. The van der Waals surface area contributed by atoms with Crippen molar-refractivity contribution in [3.8, 4) is 0 Å². The van der Waals surface area contributed by atoms with E-state index in [9.17, 15) is 9.90 Å². The lowest BCUT2D eigenvalue weighted by Gasteiger charge is -2.10. The summed E-state index contributed by atoms with van der Waals surface area (Å²) in [5, 5.41) is 12.2. The third-order valence-electron chi connectivity index (χ3n) is 1.75. The van der Waals surface area contributed by atoms with Crippen molar-refractivity contribution in [2.24, 2.45) is 0 Å². The maximum Gasteiger partial charge on any atom is 0.336 e. The van der Waals surface area contributed by atoms with Gasteiger partial charge in [-0.1, -0.05) is 18.2 Å². The largest absolute Gasteiger partial charge is 0.467 e. The molecule has 76 valence electrons. The standard InChI is InChI=1S/C10H13NO3/c1-14-10(13)9(12)7-11-8-5-3-2-4-6-8/h2-6,9,11-12H,7H2,1H3. The van der Waals surface area contributed by atoms with Gasteiger partial charge in [0.1, 0.15) is 0 Å². The number of carbonyl (C=O) groups excluding carboxylic acids is 1. The van der Waals surface area contributed by atoms with Crippen molar-refractivity contribution in [3.63, 3.8) is 0 Å². The highest BCUT2D eigenvalue weighted by atomic mass is 16.5. The molecule has 1 rings (SSSR count). The van der Waals surface area contributed by atoms with Gasteiger partial charge in [0.05, 0.1) is 13.7 Å². The minimum Gasteiger partial charge on any atom is -0.467 e. The predicted molar refractivity (Wildman–Crippen MR) is 53.0 cm³/mol. The third-order valence-corrected chi connectivity index (χ3v) is 1.75. The van der Waals surface area contributed by atoms with E-state index in [1.807, 2.05) is 30.3 Å². The number of methoxy groups -OCH3 is 1. The van der Waals surface area contributed by atoms with Gasteiger partial charge in [0.2, 0.25) is 0 Å². The number of nitrogens with one attached hydrogen (secondary N) is 1. The highest BCUT2D eigenvalue weighted by molar-refractivity contribution is 5.74. The molecule has 0 heterocycles. The Kier molecular flexibility index (Phi) is 3.94. The lowest BCUT2D eigenvalue weighted by molar-refractivity contribution is -0.149. The van der Waals surface area contributed by atoms with Gasteiger partial charge in [0, 0.05) is 5.69 Å². The number of ether oxygens (including phenoxy) is 1. The van der Waals surface area contributed by atoms with Crippen molar-refractivity contribution in [2.45, 2.75) is 6.10 Å². The van der Waals surface area contributed by atoms with Crippen molar-refractivity contribution in [1.29, 1.82) is 0 Å². The lowest BCUT2D eigenvalue weighted by Crippen LogP contribution is -2.29. The summed E-state index contributed by atoms with van der Waals surface area (Å²) in [6, 6.07) is 9.33. The van der Waals surface area contributed by atoms with Crippen LogP contribution in [-0.4, -0.2) is 30.8 Å². The van der Waals surface area contributed by atoms with Crippen molar-refractivity contribution >= 4 is 11.7 Å². The monoisotopic (exact) mass is 195 g/mol. The molecule has 0 saturated heterocycles. The Morgan fingerprint density at radius 3 is 2.71 bits per heavy atom. The zero-order valence-corrected chi connectivity index (χ0v) is 7.93. The number of rotatable bonds is 4. The fourth-order valence-corrected chi connectivity index (χ4v) is 0.990. The number of para-hydroxylation sites is 1. The van der Waals surface area contributed by atoms with Crippen molar-refractivity contribution < 1.29 is 14.6 Å². The molecule has 1 aromatic rings. The van der Waals surface area contributed by atoms with Crippen LogP contribution in [0, 0.1) is 0 Å². The van der Waals surface area contributed by atoms with Crippen LogP contribution in [0.1, 0.15) is 0 Å². The second-order valence-corrected chi connectivity index (χ2v) is 2.79. The van der Waals surface area contributed by atoms with Crippen LogP contribution in [0.15, 0.2) is 30.3 Å². The number of hydrogen-bond donors (Lipinski definition) is 2. The molecule has 0 radical (unpaired) electrons. The Bertz CT molecular complexity index is 287. The van der Waals surface area contributed by atoms with Crippen LogP contribution < -0.4 is 5.32 Å². The van der Waals surface area contributed by atoms with Crippen LogP contribution in [0.2, 0.25) is 0 Å². The van der Waals surface area contributed by atoms with Crippen molar-refractivity contribution in [1.82, 2.24) is 0 Å². The second-order valence-electron chi connectivity index (χ2n) is 2.79. The van der Waals surface area contributed by atoms with Crippen molar-refractivity contribution in [3.05, 3.63) is 30.3 Å². The van der Waals surface area contributed by atoms with Gasteiger partial charge in [-0.2, -0.15) is 0 Å². The summed E-state index contributed by atoms with van der Waals surface area (Å²) < 4.78 is 4.37. The molecule has 0 aliphatic heterocycles. The van der Waals surface area contributed by atoms with Gasteiger partial charge in [-0.3, -0.25) is 0 Å². The summed E-state index contributed by atoms with van der Waals surface area (Å²) in [7, 11) is 1.24. The van der Waals surface area contributed by atoms with Crippen LogP contribution in [0.5, 0.6) is 0 Å². The summed E-state index contributed by atoms with van der Waals surface area (Å²) in [4.78, 5) is 10.8. The van der Waals surface area contributed by atoms with Gasteiger partial charge >= 0.3 is 5.97 Å². The molecule has 0 aliphatic carbocycles. The number of hydrogen-bond acceptors (Lipinski definition) is 4. The van der Waals surface area contributed by atoms with Gasteiger partial charge in [0.15, 0.2) is 6.10 Å². The number of carbonyl (C=O) groups is 1. The molecule has 4 heteroatoms. The van der Waals surface area contributed by atoms with Crippen LogP contribution in [0.3, 0.4) is 0 Å². The topological polar surface area (TPSA) is 58.6 Å². The fraction of sp³-hybridized carbons (Fsp3) is 0.300. The lowest BCUT2D eigenvalue weighted by atomic mass is 10.3. The Morgan fingerprint density at radius 1 is 1.50 bits per heavy atom. The number of aliphatic hydroxyl groups excluding tert-OH is 1. The molecule has 0 saturated carbocycles. The molecule has 1 unspecified atom stereocenters. The quantitative estimate of drug-likeness (QED) is 0.692. The van der Waals surface area contributed by atoms with Gasteiger partial charge in [-0.15, -0.1) is 0 Å². The third kappa shape index (κ3) is 3.06. The normalized spacial score (nSPS) is 11.9. The molecule has 2 N–H and O–H groups in total. The maximum atomic E-state index is 10.8. The summed E-state index contributed by atoms with van der Waals surface area (Å²) in [5.74, 6) is -0.631. The summed E-state index contributed by atoms with van der Waals surface area (Å²) >= 11 is 0. The molecule has 0 bridgehead atoms. The fourth-order valence-electron chi connectivity index (χ4n) is 0.990. The Morgan fingerprint density at radius 2 is 2.14 bits per heavy atom. The van der Waals surface area contributed by atoms with Crippen LogP contribution in [0.25, 0.3) is 0 Å². The Balaban J connectivity index is 2.38. The molecule has 0 aromatic heterocycles. The summed E-state index contributed by atoms with van der Waals surface area (Å²) in [5.41, 5.74) is 0.857. The van der Waals surface area contributed by atoms with Crippen LogP contribution in [-0.2, 0) is 9.53 Å². The molecule has 0 amide bonds. The first-order chi connectivity index (χ1) is 6.74. The molecule has 4 nitrogen and oxygen atoms in total. The first kappa shape index (κ1) is 10.5. The number of aliphatic hydroxyl groups is 1. The van der Waals surface area contributed by atoms with Gasteiger partial charge in [-0.05, 0) is 12.1 Å². The molecule has 1 aromatic carbocycles. The van der Waals surface area contributed by atoms with Crippen LogP contribution in [0.4, 0.5) is 5.69 Å². The first-order valence-electron chi connectivity index (χ1n) is 4.29. The van der Waals surface area contributed by atoms with Crippen molar-refractivity contribution in [2.75, 3.05) is 19.0 Å². The number of anilines is 1. The zero-order chi connectivity index (χ0) is 10.4. The molecular weight excluding hydrogens is 182 g/mol. The van der Waals surface area contributed by atoms with E-state index < -0.39 is 12.1 Å². The average molecular weight is 195 g/mol. The number of benzene rings is 1. The molecule has 0 spiro atoms. The molecule has 0 fully saturated rings. The van der Waals surface area contributed by atoms with E-state index in [2.05, 4.69) is 10.1 Å². The number of esters is 1.